The van der Waals surface area contributed by atoms with Gasteiger partial charge in [-0.05, 0) is 37.5 Å². The van der Waals surface area contributed by atoms with Crippen LogP contribution in [0, 0.1) is 0 Å². The highest BCUT2D eigenvalue weighted by molar-refractivity contribution is 7.99. The number of nitrogens with zero attached hydrogens (tertiary/aromatic N) is 2. The average molecular weight is 400 g/mol. The molecule has 0 radical (unpaired) electrons. The normalized spacial score (nSPS) is 16.2. The third kappa shape index (κ3) is 4.48. The van der Waals surface area contributed by atoms with Crippen LogP contribution >= 0.6 is 11.8 Å². The van der Waals surface area contributed by atoms with E-state index < -0.39 is 0 Å². The van der Waals surface area contributed by atoms with Gasteiger partial charge < -0.3 is 19.2 Å². The van der Waals surface area contributed by atoms with Gasteiger partial charge in [-0.3, -0.25) is 4.98 Å². The van der Waals surface area contributed by atoms with Crippen molar-refractivity contribution in [1.82, 2.24) is 15.0 Å². The molecule has 6 nitrogen and oxygen atoms in total. The molecule has 2 heterocycles. The number of fused-ring (bicyclic) bond motifs is 2. The molecule has 0 fully saturated rings. The number of aromatic nitrogens is 3. The maximum absolute atomic E-state index is 5.99. The number of thioether (sulfide) groups is 1. The largest absolute Gasteiger partial charge is 0.491 e. The quantitative estimate of drug-likeness (QED) is 0.545. The summed E-state index contributed by atoms with van der Waals surface area (Å²) in [5.41, 5.74) is 4.41. The molecule has 0 saturated heterocycles. The van der Waals surface area contributed by atoms with E-state index in [9.17, 15) is 0 Å². The Bertz CT molecular complexity index is 882. The van der Waals surface area contributed by atoms with Crippen molar-refractivity contribution in [3.63, 3.8) is 0 Å². The summed E-state index contributed by atoms with van der Waals surface area (Å²) in [6.45, 7) is 2.27. The number of hydrogen-bond donors (Lipinski definition) is 1. The molecule has 1 aliphatic rings. The Balaban J connectivity index is 1.43. The lowest BCUT2D eigenvalue weighted by Crippen LogP contribution is -2.14. The smallest absolute Gasteiger partial charge is 0.167 e. The number of nitrogens with one attached hydrogen (secondary N) is 1. The summed E-state index contributed by atoms with van der Waals surface area (Å²) in [6, 6.07) is 10.1. The molecular weight excluding hydrogens is 374 g/mol. The number of rotatable bonds is 9. The first-order valence-electron chi connectivity index (χ1n) is 9.64. The van der Waals surface area contributed by atoms with Gasteiger partial charge in [-0.2, -0.15) is 0 Å². The van der Waals surface area contributed by atoms with Crippen LogP contribution < -0.4 is 4.74 Å². The Labute approximate surface area is 169 Å². The number of pyridine rings is 1. The van der Waals surface area contributed by atoms with Crippen LogP contribution in [0.3, 0.4) is 0 Å². The van der Waals surface area contributed by atoms with Crippen molar-refractivity contribution in [2.45, 2.75) is 29.7 Å². The summed E-state index contributed by atoms with van der Waals surface area (Å²) in [7, 11) is 1.67. The number of para-hydroxylation sites is 2. The Kier molecular flexibility index (Phi) is 6.46. The van der Waals surface area contributed by atoms with E-state index in [0.29, 0.717) is 26.4 Å². The van der Waals surface area contributed by atoms with Gasteiger partial charge >= 0.3 is 0 Å². The van der Waals surface area contributed by atoms with Crippen LogP contribution in [-0.2, 0) is 15.9 Å². The highest BCUT2D eigenvalue weighted by atomic mass is 32.2. The van der Waals surface area contributed by atoms with Crippen LogP contribution in [0.1, 0.15) is 29.3 Å². The molecule has 0 saturated carbocycles. The molecule has 1 unspecified atom stereocenters. The van der Waals surface area contributed by atoms with E-state index in [0.717, 1.165) is 46.9 Å². The molecule has 0 bridgehead atoms. The molecule has 0 amide bonds. The Morgan fingerprint density at radius 3 is 2.93 bits per heavy atom. The number of H-pyrrole nitrogens is 1. The van der Waals surface area contributed by atoms with E-state index in [4.69, 9.17) is 19.2 Å². The molecule has 2 aromatic heterocycles. The Morgan fingerprint density at radius 1 is 1.14 bits per heavy atom. The van der Waals surface area contributed by atoms with Crippen molar-refractivity contribution in [1.29, 1.82) is 0 Å². The van der Waals surface area contributed by atoms with Crippen LogP contribution in [-0.4, -0.2) is 48.5 Å². The van der Waals surface area contributed by atoms with Crippen LogP contribution in [0.5, 0.6) is 5.75 Å². The molecule has 7 heteroatoms. The highest BCUT2D eigenvalue weighted by Gasteiger charge is 2.26. The highest BCUT2D eigenvalue weighted by Crippen LogP contribution is 2.44. The van der Waals surface area contributed by atoms with Gasteiger partial charge in [0.1, 0.15) is 12.4 Å². The number of benzene rings is 1. The molecule has 0 spiro atoms. The number of methoxy groups -OCH3 is 1. The van der Waals surface area contributed by atoms with Crippen molar-refractivity contribution in [2.75, 3.05) is 33.5 Å². The summed E-state index contributed by atoms with van der Waals surface area (Å²) in [6.07, 6.45) is 5.06. The van der Waals surface area contributed by atoms with Gasteiger partial charge in [-0.15, -0.1) is 0 Å². The van der Waals surface area contributed by atoms with Gasteiger partial charge in [-0.25, -0.2) is 4.98 Å². The molecule has 28 heavy (non-hydrogen) atoms. The topological polar surface area (TPSA) is 69.3 Å². The fourth-order valence-electron chi connectivity index (χ4n) is 3.44. The monoisotopic (exact) mass is 399 g/mol. The zero-order valence-corrected chi connectivity index (χ0v) is 16.8. The fraction of sp³-hybridized carbons (Fsp3) is 0.429. The van der Waals surface area contributed by atoms with Crippen LogP contribution in [0.25, 0.3) is 11.0 Å². The minimum atomic E-state index is 0.283. The van der Waals surface area contributed by atoms with E-state index in [1.165, 1.54) is 5.56 Å². The SMILES string of the molecule is COCCOCCOc1ccnc2c1CCCC2Sc1nc2ccccc2[nH]1. The minimum Gasteiger partial charge on any atom is -0.491 e. The van der Waals surface area contributed by atoms with Gasteiger partial charge in [0.15, 0.2) is 5.16 Å². The lowest BCUT2D eigenvalue weighted by atomic mass is 9.95. The van der Waals surface area contributed by atoms with Crippen molar-refractivity contribution in [3.05, 3.63) is 47.8 Å². The standard InChI is InChI=1S/C21H25N3O3S/c1-25-11-12-26-13-14-27-18-9-10-22-20-15(18)5-4-8-19(20)28-21-23-16-6-2-3-7-17(16)24-21/h2-3,6-7,9-10,19H,4-5,8,11-14H2,1H3,(H,23,24). The first-order chi connectivity index (χ1) is 13.8. The van der Waals surface area contributed by atoms with Gasteiger partial charge in [0.05, 0.1) is 41.8 Å². The van der Waals surface area contributed by atoms with Crippen molar-refractivity contribution < 1.29 is 14.2 Å². The first-order valence-corrected chi connectivity index (χ1v) is 10.5. The van der Waals surface area contributed by atoms with Crippen LogP contribution in [0.15, 0.2) is 41.7 Å². The molecule has 4 rings (SSSR count). The number of aromatic amines is 1. The number of imidazole rings is 1. The lowest BCUT2D eigenvalue weighted by molar-refractivity contribution is 0.0542. The summed E-state index contributed by atoms with van der Waals surface area (Å²) < 4.78 is 16.5. The molecule has 148 valence electrons. The maximum atomic E-state index is 5.99. The predicted molar refractivity (Wildman–Crippen MR) is 110 cm³/mol. The summed E-state index contributed by atoms with van der Waals surface area (Å²) in [4.78, 5) is 12.8. The van der Waals surface area contributed by atoms with Crippen molar-refractivity contribution >= 4 is 22.8 Å². The third-order valence-electron chi connectivity index (χ3n) is 4.78. The lowest BCUT2D eigenvalue weighted by Gasteiger charge is -2.25. The molecule has 1 atom stereocenters. The van der Waals surface area contributed by atoms with Crippen LogP contribution in [0.4, 0.5) is 0 Å². The second kappa shape index (κ2) is 9.41. The summed E-state index contributed by atoms with van der Waals surface area (Å²) in [5, 5.41) is 1.23. The first kappa shape index (κ1) is 19.2. The molecule has 1 aliphatic carbocycles. The van der Waals surface area contributed by atoms with E-state index in [1.807, 2.05) is 30.5 Å². The van der Waals surface area contributed by atoms with E-state index >= 15 is 0 Å². The summed E-state index contributed by atoms with van der Waals surface area (Å²) >= 11 is 1.76. The Morgan fingerprint density at radius 2 is 2.04 bits per heavy atom. The second-order valence-electron chi connectivity index (χ2n) is 6.68. The zero-order chi connectivity index (χ0) is 19.2. The molecule has 3 aromatic rings. The van der Waals surface area contributed by atoms with Crippen molar-refractivity contribution in [2.24, 2.45) is 0 Å². The molecule has 1 N–H and O–H groups in total. The van der Waals surface area contributed by atoms with E-state index in [2.05, 4.69) is 16.0 Å². The van der Waals surface area contributed by atoms with Crippen molar-refractivity contribution in [3.8, 4) is 5.75 Å². The zero-order valence-electron chi connectivity index (χ0n) is 16.0. The third-order valence-corrected chi connectivity index (χ3v) is 5.94. The maximum Gasteiger partial charge on any atom is 0.167 e. The molecule has 1 aromatic carbocycles. The number of ether oxygens (including phenoxy) is 3. The van der Waals surface area contributed by atoms with Gasteiger partial charge in [-0.1, -0.05) is 23.9 Å². The molecule has 0 aliphatic heterocycles. The Hall–Kier alpha value is -2.09. The molecular formula is C21H25N3O3S. The fourth-order valence-corrected chi connectivity index (χ4v) is 4.63. The van der Waals surface area contributed by atoms with Crippen LogP contribution in [0.2, 0.25) is 0 Å². The van der Waals surface area contributed by atoms with Gasteiger partial charge in [0.2, 0.25) is 0 Å². The van der Waals surface area contributed by atoms with Gasteiger partial charge in [0, 0.05) is 18.9 Å². The predicted octanol–water partition coefficient (Wildman–Crippen LogP) is 4.17. The second-order valence-corrected chi connectivity index (χ2v) is 7.88. The van der Waals surface area contributed by atoms with Gasteiger partial charge in [0.25, 0.3) is 0 Å². The average Bonchev–Trinajstić information content (AvgIpc) is 3.13. The summed E-state index contributed by atoms with van der Waals surface area (Å²) in [5.74, 6) is 0.926. The van der Waals surface area contributed by atoms with E-state index in [1.54, 1.807) is 18.9 Å². The van der Waals surface area contributed by atoms with E-state index in [-0.39, 0.29) is 5.25 Å². The number of hydrogen-bond acceptors (Lipinski definition) is 6. The minimum absolute atomic E-state index is 0.283.